The highest BCUT2D eigenvalue weighted by molar-refractivity contribution is 9.10. The van der Waals surface area contributed by atoms with E-state index in [0.717, 1.165) is 15.4 Å². The largest absolute Gasteiger partial charge is 0.329 e. The molecule has 1 aromatic rings. The summed E-state index contributed by atoms with van der Waals surface area (Å²) in [4.78, 5) is 3.52. The van der Waals surface area contributed by atoms with Crippen molar-refractivity contribution in [2.24, 2.45) is 11.7 Å². The maximum Gasteiger partial charge on any atom is 0.107 e. The van der Waals surface area contributed by atoms with Gasteiger partial charge >= 0.3 is 0 Å². The summed E-state index contributed by atoms with van der Waals surface area (Å²) in [7, 11) is 2.11. The predicted octanol–water partition coefficient (Wildman–Crippen LogP) is 3.75. The molecule has 92 valence electrons. The molecule has 2 nitrogen and oxygen atoms in total. The van der Waals surface area contributed by atoms with Crippen LogP contribution >= 0.6 is 38.9 Å². The Hall–Kier alpha value is 0.390. The van der Waals surface area contributed by atoms with Gasteiger partial charge in [-0.15, -0.1) is 11.3 Å². The second kappa shape index (κ2) is 6.36. The third kappa shape index (κ3) is 3.70. The SMILES string of the molecule is CC(C)CN(C)C(CN)c1cc(Br)c(Cl)s1. The molecule has 1 atom stereocenters. The van der Waals surface area contributed by atoms with E-state index in [1.54, 1.807) is 11.3 Å². The number of thiophene rings is 1. The van der Waals surface area contributed by atoms with Crippen LogP contribution < -0.4 is 5.73 Å². The fourth-order valence-corrected chi connectivity index (χ4v) is 3.66. The molecule has 0 aliphatic heterocycles. The molecule has 5 heteroatoms. The van der Waals surface area contributed by atoms with Crippen LogP contribution in [0.25, 0.3) is 0 Å². The van der Waals surface area contributed by atoms with Crippen LogP contribution in [0.5, 0.6) is 0 Å². The normalized spacial score (nSPS) is 13.8. The lowest BCUT2D eigenvalue weighted by Crippen LogP contribution is -2.32. The summed E-state index contributed by atoms with van der Waals surface area (Å²) in [6.07, 6.45) is 0. The zero-order chi connectivity index (χ0) is 12.3. The zero-order valence-corrected chi connectivity index (χ0v) is 13.0. The van der Waals surface area contributed by atoms with E-state index in [1.165, 1.54) is 4.88 Å². The van der Waals surface area contributed by atoms with Crippen LogP contribution in [0.4, 0.5) is 0 Å². The van der Waals surface area contributed by atoms with Crippen molar-refractivity contribution in [2.75, 3.05) is 20.1 Å². The van der Waals surface area contributed by atoms with Crippen molar-refractivity contribution < 1.29 is 0 Å². The van der Waals surface area contributed by atoms with E-state index < -0.39 is 0 Å². The topological polar surface area (TPSA) is 29.3 Å². The molecule has 0 spiro atoms. The van der Waals surface area contributed by atoms with Gasteiger partial charge in [0.1, 0.15) is 4.34 Å². The van der Waals surface area contributed by atoms with E-state index in [0.29, 0.717) is 12.5 Å². The first-order valence-electron chi connectivity index (χ1n) is 5.30. The van der Waals surface area contributed by atoms with Crippen molar-refractivity contribution in [1.82, 2.24) is 4.90 Å². The lowest BCUT2D eigenvalue weighted by Gasteiger charge is -2.27. The van der Waals surface area contributed by atoms with Gasteiger partial charge in [-0.2, -0.15) is 0 Å². The predicted molar refractivity (Wildman–Crippen MR) is 76.3 cm³/mol. The van der Waals surface area contributed by atoms with Gasteiger partial charge in [0.25, 0.3) is 0 Å². The lowest BCUT2D eigenvalue weighted by atomic mass is 10.1. The molecule has 0 radical (unpaired) electrons. The maximum atomic E-state index is 6.05. The first-order chi connectivity index (χ1) is 7.45. The number of rotatable bonds is 5. The summed E-state index contributed by atoms with van der Waals surface area (Å²) in [6.45, 7) is 6.07. The smallest absolute Gasteiger partial charge is 0.107 e. The number of halogens is 2. The number of nitrogens with two attached hydrogens (primary N) is 1. The van der Waals surface area contributed by atoms with Gasteiger partial charge < -0.3 is 5.73 Å². The number of likely N-dealkylation sites (N-methyl/N-ethyl adjacent to an activating group) is 1. The Morgan fingerprint density at radius 2 is 2.19 bits per heavy atom. The molecule has 0 fully saturated rings. The molecule has 1 unspecified atom stereocenters. The standard InChI is InChI=1S/C11H18BrClN2S/c1-7(2)6-15(3)9(5-14)10-4-8(12)11(13)16-10/h4,7,9H,5-6,14H2,1-3H3. The van der Waals surface area contributed by atoms with E-state index in [1.807, 2.05) is 0 Å². The maximum absolute atomic E-state index is 6.05. The first kappa shape index (κ1) is 14.5. The summed E-state index contributed by atoms with van der Waals surface area (Å²) >= 11 is 11.1. The van der Waals surface area contributed by atoms with Gasteiger partial charge in [-0.05, 0) is 35.0 Å². The molecule has 2 N–H and O–H groups in total. The minimum atomic E-state index is 0.260. The third-order valence-corrected chi connectivity index (χ3v) is 4.98. The molecule has 1 aromatic heterocycles. The molecular weight excluding hydrogens is 308 g/mol. The highest BCUT2D eigenvalue weighted by atomic mass is 79.9. The minimum absolute atomic E-state index is 0.260. The number of nitrogens with zero attached hydrogens (tertiary/aromatic N) is 1. The lowest BCUT2D eigenvalue weighted by molar-refractivity contribution is 0.226. The van der Waals surface area contributed by atoms with Crippen LogP contribution in [-0.4, -0.2) is 25.0 Å². The molecule has 0 aliphatic rings. The van der Waals surface area contributed by atoms with Crippen molar-refractivity contribution in [3.05, 3.63) is 19.8 Å². The summed E-state index contributed by atoms with van der Waals surface area (Å²) in [5.41, 5.74) is 5.85. The van der Waals surface area contributed by atoms with Gasteiger partial charge in [-0.25, -0.2) is 0 Å². The Morgan fingerprint density at radius 3 is 2.56 bits per heavy atom. The highest BCUT2D eigenvalue weighted by Crippen LogP contribution is 2.36. The van der Waals surface area contributed by atoms with Gasteiger partial charge in [0.05, 0.1) is 6.04 Å². The Bertz CT molecular complexity index is 321. The van der Waals surface area contributed by atoms with Gasteiger partial charge in [-0.1, -0.05) is 25.4 Å². The van der Waals surface area contributed by atoms with Crippen molar-refractivity contribution in [2.45, 2.75) is 19.9 Å². The Labute approximate surface area is 115 Å². The van der Waals surface area contributed by atoms with Crippen molar-refractivity contribution in [3.63, 3.8) is 0 Å². The Balaban J connectivity index is 2.81. The van der Waals surface area contributed by atoms with Gasteiger partial charge in [0.15, 0.2) is 0 Å². The monoisotopic (exact) mass is 324 g/mol. The molecule has 0 saturated heterocycles. The molecular formula is C11H18BrClN2S. The van der Waals surface area contributed by atoms with Crippen molar-refractivity contribution in [3.8, 4) is 0 Å². The average Bonchev–Trinajstić information content (AvgIpc) is 2.46. The summed E-state index contributed by atoms with van der Waals surface area (Å²) < 4.78 is 1.76. The molecule has 0 aromatic carbocycles. The molecule has 0 amide bonds. The van der Waals surface area contributed by atoms with Crippen LogP contribution in [0.15, 0.2) is 10.5 Å². The fraction of sp³-hybridized carbons (Fsp3) is 0.636. The molecule has 0 saturated carbocycles. The van der Waals surface area contributed by atoms with Crippen LogP contribution in [-0.2, 0) is 0 Å². The number of hydrogen-bond acceptors (Lipinski definition) is 3. The van der Waals surface area contributed by atoms with Crippen LogP contribution in [0.3, 0.4) is 0 Å². The Morgan fingerprint density at radius 1 is 1.56 bits per heavy atom. The summed E-state index contributed by atoms with van der Waals surface area (Å²) in [5.74, 6) is 0.637. The summed E-state index contributed by atoms with van der Waals surface area (Å²) in [6, 6.07) is 2.33. The van der Waals surface area contributed by atoms with Crippen LogP contribution in [0.2, 0.25) is 4.34 Å². The van der Waals surface area contributed by atoms with E-state index >= 15 is 0 Å². The minimum Gasteiger partial charge on any atom is -0.329 e. The molecule has 1 heterocycles. The van der Waals surface area contributed by atoms with E-state index in [4.69, 9.17) is 17.3 Å². The van der Waals surface area contributed by atoms with Crippen LogP contribution in [0, 0.1) is 5.92 Å². The quantitative estimate of drug-likeness (QED) is 0.893. The second-order valence-electron chi connectivity index (χ2n) is 4.36. The average molecular weight is 326 g/mol. The summed E-state index contributed by atoms with van der Waals surface area (Å²) in [5, 5.41) is 0. The van der Waals surface area contributed by atoms with Crippen LogP contribution in [0.1, 0.15) is 24.8 Å². The molecule has 0 aliphatic carbocycles. The highest BCUT2D eigenvalue weighted by Gasteiger charge is 2.19. The van der Waals surface area contributed by atoms with Crippen molar-refractivity contribution in [1.29, 1.82) is 0 Å². The zero-order valence-electron chi connectivity index (χ0n) is 9.84. The van der Waals surface area contributed by atoms with E-state index in [9.17, 15) is 0 Å². The first-order valence-corrected chi connectivity index (χ1v) is 7.29. The number of hydrogen-bond donors (Lipinski definition) is 1. The third-order valence-electron chi connectivity index (χ3n) is 2.40. The van der Waals surface area contributed by atoms with Gasteiger partial charge in [0, 0.05) is 22.4 Å². The second-order valence-corrected chi connectivity index (χ2v) is 6.90. The molecule has 16 heavy (non-hydrogen) atoms. The van der Waals surface area contributed by atoms with Gasteiger partial charge in [0.2, 0.25) is 0 Å². The Kier molecular flexibility index (Phi) is 5.74. The van der Waals surface area contributed by atoms with Crippen molar-refractivity contribution >= 4 is 38.9 Å². The molecule has 1 rings (SSSR count). The fourth-order valence-electron chi connectivity index (χ4n) is 1.74. The molecule has 0 bridgehead atoms. The van der Waals surface area contributed by atoms with E-state index in [-0.39, 0.29) is 6.04 Å². The van der Waals surface area contributed by atoms with Gasteiger partial charge in [-0.3, -0.25) is 4.90 Å². The van der Waals surface area contributed by atoms with E-state index in [2.05, 4.69) is 47.8 Å².